The third kappa shape index (κ3) is 5.19. The zero-order valence-corrected chi connectivity index (χ0v) is 20.5. The molecule has 1 saturated carbocycles. The summed E-state index contributed by atoms with van der Waals surface area (Å²) >= 11 is 0. The van der Waals surface area contributed by atoms with Crippen LogP contribution in [0.1, 0.15) is 66.8 Å². The van der Waals surface area contributed by atoms with Crippen molar-refractivity contribution in [3.8, 4) is 0 Å². The van der Waals surface area contributed by atoms with Crippen LogP contribution >= 0.6 is 0 Å². The van der Waals surface area contributed by atoms with Gasteiger partial charge in [0.25, 0.3) is 17.3 Å². The fourth-order valence-electron chi connectivity index (χ4n) is 4.72. The summed E-state index contributed by atoms with van der Waals surface area (Å²) in [6.45, 7) is 9.64. The lowest BCUT2D eigenvalue weighted by molar-refractivity contribution is -0.384. The quantitative estimate of drug-likeness (QED) is 0.379. The van der Waals surface area contributed by atoms with Gasteiger partial charge in [-0.15, -0.1) is 0 Å². The smallest absolute Gasteiger partial charge is 0.269 e. The minimum Gasteiger partial charge on any atom is -0.336 e. The van der Waals surface area contributed by atoms with Gasteiger partial charge in [0.1, 0.15) is 0 Å². The standard InChI is InChI=1S/C26H31N5O4/c1-26(2,3)15-22-23-20(14-21(18-7-8-18)27-24(23)35-28-22)25(32)30-11-9-29(10-12-30)16-17-5-4-6-19(13-17)31(33)34/h4-6,13-14,18H,7-12,15-16H2,1-3H3. The number of piperazine rings is 1. The molecule has 1 aromatic carbocycles. The van der Waals surface area contributed by atoms with E-state index in [0.29, 0.717) is 56.3 Å². The number of hydrogen-bond donors (Lipinski definition) is 0. The normalized spacial score (nSPS) is 17.2. The van der Waals surface area contributed by atoms with E-state index in [-0.39, 0.29) is 21.9 Å². The maximum atomic E-state index is 13.7. The van der Waals surface area contributed by atoms with Crippen molar-refractivity contribution in [2.24, 2.45) is 5.41 Å². The maximum Gasteiger partial charge on any atom is 0.269 e. The SMILES string of the molecule is CC(C)(C)Cc1noc2nc(C3CC3)cc(C(=O)N3CCN(Cc4cccc([N+](=O)[O-])c4)CC3)c12. The van der Waals surface area contributed by atoms with E-state index >= 15 is 0 Å². The predicted octanol–water partition coefficient (Wildman–Crippen LogP) is 4.56. The third-order valence-electron chi connectivity index (χ3n) is 6.65. The summed E-state index contributed by atoms with van der Waals surface area (Å²) in [4.78, 5) is 33.3. The number of carbonyl (C=O) groups is 1. The first-order valence-corrected chi connectivity index (χ1v) is 12.2. The van der Waals surface area contributed by atoms with Crippen LogP contribution in [0.5, 0.6) is 0 Å². The lowest BCUT2D eigenvalue weighted by Gasteiger charge is -2.35. The van der Waals surface area contributed by atoms with Crippen LogP contribution in [0, 0.1) is 15.5 Å². The van der Waals surface area contributed by atoms with Crippen molar-refractivity contribution in [2.75, 3.05) is 26.2 Å². The number of pyridine rings is 1. The highest BCUT2D eigenvalue weighted by Gasteiger charge is 2.32. The van der Waals surface area contributed by atoms with Gasteiger partial charge in [-0.2, -0.15) is 0 Å². The molecule has 2 fully saturated rings. The van der Waals surface area contributed by atoms with Crippen LogP contribution in [0.4, 0.5) is 5.69 Å². The van der Waals surface area contributed by atoms with Gasteiger partial charge in [-0.05, 0) is 36.3 Å². The second-order valence-electron chi connectivity index (χ2n) is 10.9. The molecule has 0 spiro atoms. The minimum absolute atomic E-state index is 0.00256. The van der Waals surface area contributed by atoms with Crippen LogP contribution in [0.2, 0.25) is 0 Å². The molecule has 9 nitrogen and oxygen atoms in total. The van der Waals surface area contributed by atoms with Crippen molar-refractivity contribution in [3.05, 3.63) is 63.0 Å². The van der Waals surface area contributed by atoms with Crippen LogP contribution < -0.4 is 0 Å². The first kappa shape index (κ1) is 23.4. The lowest BCUT2D eigenvalue weighted by atomic mass is 9.89. The number of fused-ring (bicyclic) bond motifs is 1. The number of nitrogens with zero attached hydrogens (tertiary/aromatic N) is 5. The van der Waals surface area contributed by atoms with E-state index in [1.807, 2.05) is 17.0 Å². The van der Waals surface area contributed by atoms with Crippen molar-refractivity contribution in [1.29, 1.82) is 0 Å². The predicted molar refractivity (Wildman–Crippen MR) is 131 cm³/mol. The summed E-state index contributed by atoms with van der Waals surface area (Å²) in [7, 11) is 0. The Morgan fingerprint density at radius 2 is 1.91 bits per heavy atom. The average Bonchev–Trinajstić information content (AvgIpc) is 3.60. The molecule has 0 atom stereocenters. The largest absolute Gasteiger partial charge is 0.336 e. The van der Waals surface area contributed by atoms with Crippen molar-refractivity contribution in [1.82, 2.24) is 19.9 Å². The highest BCUT2D eigenvalue weighted by molar-refractivity contribution is 6.06. The number of rotatable bonds is 6. The summed E-state index contributed by atoms with van der Waals surface area (Å²) < 4.78 is 5.61. The Morgan fingerprint density at radius 3 is 2.57 bits per heavy atom. The van der Waals surface area contributed by atoms with Crippen molar-refractivity contribution in [2.45, 2.75) is 52.5 Å². The summed E-state index contributed by atoms with van der Waals surface area (Å²) in [5.74, 6) is 0.390. The number of carbonyl (C=O) groups excluding carboxylic acids is 1. The summed E-state index contributed by atoms with van der Waals surface area (Å²) in [5, 5.41) is 16.1. The van der Waals surface area contributed by atoms with E-state index in [1.165, 1.54) is 6.07 Å². The zero-order valence-electron chi connectivity index (χ0n) is 20.5. The van der Waals surface area contributed by atoms with Gasteiger partial charge in [-0.3, -0.25) is 19.8 Å². The van der Waals surface area contributed by atoms with E-state index in [1.54, 1.807) is 12.1 Å². The van der Waals surface area contributed by atoms with Crippen molar-refractivity contribution < 1.29 is 14.2 Å². The fourth-order valence-corrected chi connectivity index (χ4v) is 4.72. The molecular weight excluding hydrogens is 446 g/mol. The molecule has 3 aromatic rings. The van der Waals surface area contributed by atoms with Crippen LogP contribution in [-0.2, 0) is 13.0 Å². The van der Waals surface area contributed by atoms with Crippen molar-refractivity contribution >= 4 is 22.7 Å². The summed E-state index contributed by atoms with van der Waals surface area (Å²) in [6, 6.07) is 8.70. The molecule has 1 aliphatic carbocycles. The number of nitro benzene ring substituents is 1. The van der Waals surface area contributed by atoms with E-state index in [4.69, 9.17) is 9.51 Å². The van der Waals surface area contributed by atoms with Crippen molar-refractivity contribution in [3.63, 3.8) is 0 Å². The molecule has 0 unspecified atom stereocenters. The molecule has 5 rings (SSSR count). The molecule has 1 aliphatic heterocycles. The van der Waals surface area contributed by atoms with Gasteiger partial charge in [0.05, 0.1) is 21.6 Å². The van der Waals surface area contributed by atoms with Gasteiger partial charge in [-0.25, -0.2) is 4.98 Å². The Labute approximate surface area is 204 Å². The topological polar surface area (TPSA) is 106 Å². The Bertz CT molecular complexity index is 1270. The van der Waals surface area contributed by atoms with Crippen LogP contribution in [0.25, 0.3) is 11.1 Å². The number of hydrogen-bond acceptors (Lipinski definition) is 7. The van der Waals surface area contributed by atoms with Gasteiger partial charge in [0, 0.05) is 56.5 Å². The minimum atomic E-state index is -0.371. The average molecular weight is 478 g/mol. The molecule has 0 bridgehead atoms. The molecule has 1 amide bonds. The molecule has 0 N–H and O–H groups in total. The number of aromatic nitrogens is 2. The Morgan fingerprint density at radius 1 is 1.17 bits per heavy atom. The van der Waals surface area contributed by atoms with Gasteiger partial charge in [0.15, 0.2) is 0 Å². The van der Waals surface area contributed by atoms with Gasteiger partial charge < -0.3 is 9.42 Å². The second kappa shape index (κ2) is 9.03. The van der Waals surface area contributed by atoms with E-state index in [9.17, 15) is 14.9 Å². The zero-order chi connectivity index (χ0) is 24.7. The Kier molecular flexibility index (Phi) is 6.04. The molecular formula is C26H31N5O4. The Hall–Kier alpha value is -3.33. The molecule has 9 heteroatoms. The first-order valence-electron chi connectivity index (χ1n) is 12.2. The number of amides is 1. The molecule has 0 radical (unpaired) electrons. The first-order chi connectivity index (χ1) is 16.7. The lowest BCUT2D eigenvalue weighted by Crippen LogP contribution is -2.48. The second-order valence-corrected chi connectivity index (χ2v) is 10.9. The molecule has 2 aliphatic rings. The number of benzene rings is 1. The van der Waals surface area contributed by atoms with E-state index < -0.39 is 0 Å². The van der Waals surface area contributed by atoms with Crippen LogP contribution in [0.3, 0.4) is 0 Å². The molecule has 3 heterocycles. The van der Waals surface area contributed by atoms with Crippen LogP contribution in [-0.4, -0.2) is 56.9 Å². The van der Waals surface area contributed by atoms with E-state index in [0.717, 1.165) is 35.2 Å². The summed E-state index contributed by atoms with van der Waals surface area (Å²) in [6.07, 6.45) is 2.87. The highest BCUT2D eigenvalue weighted by Crippen LogP contribution is 2.41. The molecule has 35 heavy (non-hydrogen) atoms. The molecule has 2 aromatic heterocycles. The molecule has 1 saturated heterocycles. The fraction of sp³-hybridized carbons (Fsp3) is 0.500. The monoisotopic (exact) mass is 477 g/mol. The van der Waals surface area contributed by atoms with Crippen LogP contribution in [0.15, 0.2) is 34.9 Å². The maximum absolute atomic E-state index is 13.7. The summed E-state index contributed by atoms with van der Waals surface area (Å²) in [5.41, 5.74) is 3.81. The Balaban J connectivity index is 1.34. The van der Waals surface area contributed by atoms with Gasteiger partial charge >= 0.3 is 0 Å². The number of non-ortho nitro benzene ring substituents is 1. The van der Waals surface area contributed by atoms with Gasteiger partial charge in [0.2, 0.25) is 0 Å². The highest BCUT2D eigenvalue weighted by atomic mass is 16.6. The van der Waals surface area contributed by atoms with Gasteiger partial charge in [-0.1, -0.05) is 38.1 Å². The number of nitro groups is 1. The third-order valence-corrected chi connectivity index (χ3v) is 6.65. The molecule has 184 valence electrons. The van der Waals surface area contributed by atoms with E-state index in [2.05, 4.69) is 30.8 Å².